The fourth-order valence-corrected chi connectivity index (χ4v) is 1.34. The van der Waals surface area contributed by atoms with Crippen molar-refractivity contribution in [3.8, 4) is 5.75 Å². The maximum Gasteiger partial charge on any atom is 0.153 e. The molecule has 1 aromatic carbocycles. The molecule has 0 amide bonds. The minimum absolute atomic E-state index is 0.0781. The second-order valence-electron chi connectivity index (χ2n) is 3.21. The summed E-state index contributed by atoms with van der Waals surface area (Å²) in [6, 6.07) is 5.26. The van der Waals surface area contributed by atoms with Crippen LogP contribution in [0.1, 0.15) is 34.7 Å². The van der Waals surface area contributed by atoms with Gasteiger partial charge >= 0.3 is 0 Å². The van der Waals surface area contributed by atoms with Gasteiger partial charge in [0.2, 0.25) is 0 Å². The molecule has 0 unspecified atom stereocenters. The largest absolute Gasteiger partial charge is 0.507 e. The summed E-state index contributed by atoms with van der Waals surface area (Å²) >= 11 is 0. The molecule has 0 aliphatic heterocycles. The zero-order valence-electron chi connectivity index (χ0n) is 6.66. The van der Waals surface area contributed by atoms with Crippen molar-refractivity contribution < 1.29 is 9.90 Å². The van der Waals surface area contributed by atoms with Crippen LogP contribution in [0.15, 0.2) is 18.2 Å². The third-order valence-electron chi connectivity index (χ3n) is 2.23. The van der Waals surface area contributed by atoms with E-state index >= 15 is 0 Å². The van der Waals surface area contributed by atoms with Crippen LogP contribution in [0.3, 0.4) is 0 Å². The molecule has 12 heavy (non-hydrogen) atoms. The maximum atomic E-state index is 10.5. The van der Waals surface area contributed by atoms with E-state index in [1.165, 1.54) is 18.4 Å². The first-order valence-electron chi connectivity index (χ1n) is 4.09. The smallest absolute Gasteiger partial charge is 0.153 e. The number of hydrogen-bond acceptors (Lipinski definition) is 2. The number of aromatic hydroxyl groups is 1. The summed E-state index contributed by atoms with van der Waals surface area (Å²) in [6.45, 7) is 0. The van der Waals surface area contributed by atoms with E-state index in [1.54, 1.807) is 12.1 Å². The monoisotopic (exact) mass is 162 g/mol. The first-order chi connectivity index (χ1) is 5.81. The lowest BCUT2D eigenvalue weighted by Gasteiger charge is -2.00. The van der Waals surface area contributed by atoms with E-state index in [4.69, 9.17) is 0 Å². The van der Waals surface area contributed by atoms with E-state index in [9.17, 15) is 9.90 Å². The van der Waals surface area contributed by atoms with Gasteiger partial charge in [0.05, 0.1) is 5.56 Å². The molecular weight excluding hydrogens is 152 g/mol. The van der Waals surface area contributed by atoms with Crippen molar-refractivity contribution in [2.75, 3.05) is 0 Å². The van der Waals surface area contributed by atoms with Crippen LogP contribution in [-0.4, -0.2) is 11.4 Å². The van der Waals surface area contributed by atoms with Gasteiger partial charge in [-0.1, -0.05) is 6.07 Å². The topological polar surface area (TPSA) is 37.3 Å². The van der Waals surface area contributed by atoms with Crippen molar-refractivity contribution >= 4 is 6.29 Å². The molecule has 1 aliphatic rings. The van der Waals surface area contributed by atoms with E-state index in [1.807, 2.05) is 6.07 Å². The Kier molecular flexibility index (Phi) is 1.61. The predicted molar refractivity (Wildman–Crippen MR) is 45.5 cm³/mol. The molecule has 0 atom stereocenters. The first kappa shape index (κ1) is 7.35. The number of aldehydes is 1. The maximum absolute atomic E-state index is 10.5. The molecule has 0 spiro atoms. The van der Waals surface area contributed by atoms with E-state index in [2.05, 4.69) is 0 Å². The van der Waals surface area contributed by atoms with Gasteiger partial charge in [-0.3, -0.25) is 4.79 Å². The molecule has 62 valence electrons. The number of phenolic OH excluding ortho intramolecular Hbond substituents is 1. The molecule has 0 aromatic heterocycles. The zero-order chi connectivity index (χ0) is 8.55. The lowest BCUT2D eigenvalue weighted by atomic mass is 10.1. The van der Waals surface area contributed by atoms with Gasteiger partial charge in [0.15, 0.2) is 6.29 Å². The third kappa shape index (κ3) is 1.20. The number of benzene rings is 1. The van der Waals surface area contributed by atoms with Crippen molar-refractivity contribution in [1.82, 2.24) is 0 Å². The van der Waals surface area contributed by atoms with Crippen LogP contribution in [0.5, 0.6) is 5.75 Å². The summed E-state index contributed by atoms with van der Waals surface area (Å²) in [5.74, 6) is 0.707. The Bertz CT molecular complexity index is 314. The van der Waals surface area contributed by atoms with Gasteiger partial charge in [-0.2, -0.15) is 0 Å². The molecule has 1 aliphatic carbocycles. The van der Waals surface area contributed by atoms with Crippen LogP contribution in [0.2, 0.25) is 0 Å². The molecule has 1 fully saturated rings. The highest BCUT2D eigenvalue weighted by Crippen LogP contribution is 2.40. The Morgan fingerprint density at radius 3 is 2.75 bits per heavy atom. The number of carbonyl (C=O) groups is 1. The lowest BCUT2D eigenvalue weighted by Crippen LogP contribution is -1.85. The average molecular weight is 162 g/mol. The normalized spacial score (nSPS) is 16.0. The highest BCUT2D eigenvalue weighted by atomic mass is 16.3. The SMILES string of the molecule is O=Cc1cc(C2CC2)ccc1O. The molecule has 2 rings (SSSR count). The quantitative estimate of drug-likeness (QED) is 0.676. The summed E-state index contributed by atoms with van der Waals surface area (Å²) in [5, 5.41) is 9.21. The highest BCUT2D eigenvalue weighted by Gasteiger charge is 2.23. The Labute approximate surface area is 70.8 Å². The lowest BCUT2D eigenvalue weighted by molar-refractivity contribution is 0.112. The fourth-order valence-electron chi connectivity index (χ4n) is 1.34. The summed E-state index contributed by atoms with van der Waals surface area (Å²) in [6.07, 6.45) is 3.12. The van der Waals surface area contributed by atoms with Crippen molar-refractivity contribution in [2.45, 2.75) is 18.8 Å². The van der Waals surface area contributed by atoms with Crippen molar-refractivity contribution in [3.63, 3.8) is 0 Å². The van der Waals surface area contributed by atoms with Crippen LogP contribution in [-0.2, 0) is 0 Å². The molecule has 1 aromatic rings. The summed E-state index contributed by atoms with van der Waals surface area (Å²) in [5.41, 5.74) is 1.58. The van der Waals surface area contributed by atoms with Gasteiger partial charge in [-0.25, -0.2) is 0 Å². The van der Waals surface area contributed by atoms with Gasteiger partial charge in [0.1, 0.15) is 5.75 Å². The van der Waals surface area contributed by atoms with E-state index < -0.39 is 0 Å². The fraction of sp³-hybridized carbons (Fsp3) is 0.300. The Morgan fingerprint density at radius 1 is 1.42 bits per heavy atom. The Hall–Kier alpha value is -1.31. The predicted octanol–water partition coefficient (Wildman–Crippen LogP) is 2.08. The molecule has 1 N–H and O–H groups in total. The van der Waals surface area contributed by atoms with Crippen molar-refractivity contribution in [1.29, 1.82) is 0 Å². The number of rotatable bonds is 2. The summed E-state index contributed by atoms with van der Waals surface area (Å²) in [4.78, 5) is 10.5. The number of phenols is 1. The molecule has 0 heterocycles. The minimum Gasteiger partial charge on any atom is -0.507 e. The van der Waals surface area contributed by atoms with Gasteiger partial charge in [0.25, 0.3) is 0 Å². The van der Waals surface area contributed by atoms with Crippen LogP contribution in [0.4, 0.5) is 0 Å². The molecule has 0 bridgehead atoms. The molecule has 0 saturated heterocycles. The average Bonchev–Trinajstić information content (AvgIpc) is 2.88. The van der Waals surface area contributed by atoms with Gasteiger partial charge in [0, 0.05) is 0 Å². The van der Waals surface area contributed by atoms with E-state index in [-0.39, 0.29) is 5.75 Å². The van der Waals surface area contributed by atoms with E-state index in [0.29, 0.717) is 17.8 Å². The third-order valence-corrected chi connectivity index (χ3v) is 2.23. The van der Waals surface area contributed by atoms with Crippen LogP contribution in [0, 0.1) is 0 Å². The van der Waals surface area contributed by atoms with Crippen molar-refractivity contribution in [2.24, 2.45) is 0 Å². The molecule has 2 heteroatoms. The molecule has 1 saturated carbocycles. The minimum atomic E-state index is 0.0781. The number of carbonyl (C=O) groups excluding carboxylic acids is 1. The Balaban J connectivity index is 2.39. The Morgan fingerprint density at radius 2 is 2.17 bits per heavy atom. The van der Waals surface area contributed by atoms with Crippen LogP contribution < -0.4 is 0 Å². The summed E-state index contributed by atoms with van der Waals surface area (Å²) in [7, 11) is 0. The van der Waals surface area contributed by atoms with Crippen molar-refractivity contribution in [3.05, 3.63) is 29.3 Å². The van der Waals surface area contributed by atoms with E-state index in [0.717, 1.165) is 0 Å². The van der Waals surface area contributed by atoms with Gasteiger partial charge in [-0.15, -0.1) is 0 Å². The van der Waals surface area contributed by atoms with Gasteiger partial charge < -0.3 is 5.11 Å². The molecule has 2 nitrogen and oxygen atoms in total. The number of hydrogen-bond donors (Lipinski definition) is 1. The van der Waals surface area contributed by atoms with Crippen LogP contribution >= 0.6 is 0 Å². The second-order valence-corrected chi connectivity index (χ2v) is 3.21. The zero-order valence-corrected chi connectivity index (χ0v) is 6.66. The molecule has 0 radical (unpaired) electrons. The molecular formula is C10H10O2. The standard InChI is InChI=1S/C10H10O2/c11-6-9-5-8(7-1-2-7)3-4-10(9)12/h3-7,12H,1-2H2. The first-order valence-corrected chi connectivity index (χ1v) is 4.09. The van der Waals surface area contributed by atoms with Gasteiger partial charge in [-0.05, 0) is 36.5 Å². The summed E-state index contributed by atoms with van der Waals surface area (Å²) < 4.78 is 0. The second kappa shape index (κ2) is 2.63. The van der Waals surface area contributed by atoms with Crippen LogP contribution in [0.25, 0.3) is 0 Å². The highest BCUT2D eigenvalue weighted by molar-refractivity contribution is 5.79.